The summed E-state index contributed by atoms with van der Waals surface area (Å²) in [5.41, 5.74) is 1.07. The minimum atomic E-state index is -2.48. The first-order valence-corrected chi connectivity index (χ1v) is 9.09. The van der Waals surface area contributed by atoms with Crippen LogP contribution >= 0.6 is 6.98 Å². The Morgan fingerprint density at radius 2 is 2.11 bits per heavy atom. The molecule has 0 saturated carbocycles. The van der Waals surface area contributed by atoms with Crippen LogP contribution in [0.1, 0.15) is 11.7 Å². The summed E-state index contributed by atoms with van der Waals surface area (Å²) in [6, 6.07) is 9.87. The van der Waals surface area contributed by atoms with Gasteiger partial charge in [-0.05, 0) is 0 Å². The van der Waals surface area contributed by atoms with Gasteiger partial charge in [-0.25, -0.2) is 0 Å². The standard InChI is InChI=1S/C13H17FNO2P/c1-18(7-8-18)15(13(16)9-14)10-12(17-18)11-5-3-2-4-6-11/h2-6,12H,7-10H2,1H3/t12-/m1/s1. The van der Waals surface area contributed by atoms with Crippen LogP contribution in [-0.4, -0.2) is 42.8 Å². The Kier molecular flexibility index (Phi) is 2.51. The van der Waals surface area contributed by atoms with Crippen LogP contribution in [0, 0.1) is 0 Å². The van der Waals surface area contributed by atoms with Crippen molar-refractivity contribution in [3.8, 4) is 0 Å². The van der Waals surface area contributed by atoms with Gasteiger partial charge < -0.3 is 0 Å². The average Bonchev–Trinajstić information content (AvgIpc) is 2.98. The number of hydrogen-bond acceptors (Lipinski definition) is 2. The van der Waals surface area contributed by atoms with Crippen LogP contribution in [0.5, 0.6) is 0 Å². The Bertz CT molecular complexity index is 489. The molecule has 98 valence electrons. The summed E-state index contributed by atoms with van der Waals surface area (Å²) in [5.74, 6) is -0.411. The van der Waals surface area contributed by atoms with Crippen molar-refractivity contribution < 1.29 is 13.7 Å². The van der Waals surface area contributed by atoms with Crippen LogP contribution in [0.25, 0.3) is 0 Å². The molecule has 2 saturated heterocycles. The number of rotatable bonds is 2. The van der Waals surface area contributed by atoms with E-state index in [9.17, 15) is 9.18 Å². The van der Waals surface area contributed by atoms with Gasteiger partial charge in [-0.1, -0.05) is 0 Å². The maximum absolute atomic E-state index is 12.7. The molecule has 2 aliphatic heterocycles. The monoisotopic (exact) mass is 269 g/mol. The van der Waals surface area contributed by atoms with E-state index in [0.29, 0.717) is 6.54 Å². The molecule has 3 nitrogen and oxygen atoms in total. The molecular weight excluding hydrogens is 252 g/mol. The topological polar surface area (TPSA) is 29.5 Å². The van der Waals surface area contributed by atoms with Crippen LogP contribution < -0.4 is 0 Å². The van der Waals surface area contributed by atoms with E-state index in [1.54, 1.807) is 4.67 Å². The Morgan fingerprint density at radius 1 is 1.44 bits per heavy atom. The van der Waals surface area contributed by atoms with E-state index in [0.717, 1.165) is 17.9 Å². The number of carbonyl (C=O) groups is 1. The van der Waals surface area contributed by atoms with E-state index in [4.69, 9.17) is 4.52 Å². The van der Waals surface area contributed by atoms with Crippen molar-refractivity contribution in [1.82, 2.24) is 4.67 Å². The molecule has 2 heterocycles. The minimum absolute atomic E-state index is 0.0909. The normalized spacial score (nSPS) is 29.8. The third-order valence-electron chi connectivity index (χ3n) is 4.08. The number of hydrogen-bond donors (Lipinski definition) is 0. The van der Waals surface area contributed by atoms with Crippen LogP contribution in [0.2, 0.25) is 0 Å². The summed E-state index contributed by atoms with van der Waals surface area (Å²) in [5, 5.41) is 0. The fraction of sp³-hybridized carbons (Fsp3) is 0.462. The first kappa shape index (κ1) is 12.1. The number of carbonyl (C=O) groups excluding carboxylic acids is 1. The van der Waals surface area contributed by atoms with Crippen LogP contribution in [0.3, 0.4) is 0 Å². The molecule has 1 aromatic carbocycles. The molecule has 18 heavy (non-hydrogen) atoms. The van der Waals surface area contributed by atoms with E-state index in [1.807, 2.05) is 37.0 Å². The Balaban J connectivity index is 1.90. The first-order valence-electron chi connectivity index (χ1n) is 6.17. The Labute approximate surface area is 106 Å². The van der Waals surface area contributed by atoms with Gasteiger partial charge in [0.1, 0.15) is 0 Å². The summed E-state index contributed by atoms with van der Waals surface area (Å²) in [6.07, 6.45) is 1.74. The van der Waals surface area contributed by atoms with Gasteiger partial charge in [-0.15, -0.1) is 0 Å². The van der Waals surface area contributed by atoms with E-state index >= 15 is 0 Å². The third-order valence-corrected chi connectivity index (χ3v) is 8.79. The molecule has 2 fully saturated rings. The molecule has 1 atom stereocenters. The summed E-state index contributed by atoms with van der Waals surface area (Å²) >= 11 is 0. The van der Waals surface area contributed by atoms with Crippen molar-refractivity contribution in [2.75, 3.05) is 32.2 Å². The van der Waals surface area contributed by atoms with Crippen molar-refractivity contribution >= 4 is 12.9 Å². The first-order chi connectivity index (χ1) is 8.55. The van der Waals surface area contributed by atoms with Gasteiger partial charge >= 0.3 is 105 Å². The molecule has 0 N–H and O–H groups in total. The molecule has 0 aliphatic carbocycles. The van der Waals surface area contributed by atoms with E-state index in [-0.39, 0.29) is 6.10 Å². The molecule has 1 amide bonds. The van der Waals surface area contributed by atoms with Crippen molar-refractivity contribution in [2.45, 2.75) is 6.10 Å². The zero-order chi connectivity index (χ0) is 12.8. The van der Waals surface area contributed by atoms with Gasteiger partial charge in [0.25, 0.3) is 0 Å². The van der Waals surface area contributed by atoms with Crippen LogP contribution in [-0.2, 0) is 9.32 Å². The van der Waals surface area contributed by atoms with Crippen molar-refractivity contribution in [2.24, 2.45) is 0 Å². The molecule has 5 heteroatoms. The molecule has 2 aliphatic rings. The van der Waals surface area contributed by atoms with Gasteiger partial charge in [0, 0.05) is 0 Å². The fourth-order valence-corrected chi connectivity index (χ4v) is 7.19. The van der Waals surface area contributed by atoms with Crippen molar-refractivity contribution in [3.05, 3.63) is 35.9 Å². The number of benzene rings is 1. The zero-order valence-corrected chi connectivity index (χ0v) is 11.3. The number of nitrogens with zero attached hydrogens (tertiary/aromatic N) is 1. The Morgan fingerprint density at radius 3 is 2.67 bits per heavy atom. The summed E-state index contributed by atoms with van der Waals surface area (Å²) in [6.45, 7) is -0.856. The summed E-state index contributed by atoms with van der Waals surface area (Å²) in [4.78, 5) is 11.8. The molecule has 0 radical (unpaired) electrons. The van der Waals surface area contributed by atoms with Crippen LogP contribution in [0.15, 0.2) is 30.3 Å². The van der Waals surface area contributed by atoms with Crippen LogP contribution in [0.4, 0.5) is 4.39 Å². The Hall–Kier alpha value is -0.990. The maximum atomic E-state index is 12.7. The summed E-state index contributed by atoms with van der Waals surface area (Å²) < 4.78 is 20.6. The number of alkyl halides is 1. The second kappa shape index (κ2) is 3.75. The second-order valence-electron chi connectivity index (χ2n) is 5.42. The molecule has 0 bridgehead atoms. The predicted molar refractivity (Wildman–Crippen MR) is 70.5 cm³/mol. The van der Waals surface area contributed by atoms with Gasteiger partial charge in [0.05, 0.1) is 0 Å². The number of halogens is 1. The quantitative estimate of drug-likeness (QED) is 0.772. The third kappa shape index (κ3) is 1.67. The van der Waals surface area contributed by atoms with E-state index in [2.05, 4.69) is 0 Å². The zero-order valence-electron chi connectivity index (χ0n) is 10.4. The van der Waals surface area contributed by atoms with E-state index < -0.39 is 19.6 Å². The molecule has 0 aromatic heterocycles. The molecular formula is C13H17FNO2P. The SMILES string of the molecule is CP12(CC1)O[C@@H](c1ccccc1)CN2C(=O)CF. The fourth-order valence-electron chi connectivity index (χ4n) is 2.69. The van der Waals surface area contributed by atoms with Gasteiger partial charge in [-0.3, -0.25) is 0 Å². The van der Waals surface area contributed by atoms with Crippen molar-refractivity contribution in [3.63, 3.8) is 0 Å². The second-order valence-corrected chi connectivity index (χ2v) is 10.7. The van der Waals surface area contributed by atoms with Gasteiger partial charge in [-0.2, -0.15) is 0 Å². The van der Waals surface area contributed by atoms with Crippen molar-refractivity contribution in [1.29, 1.82) is 0 Å². The molecule has 1 aromatic rings. The molecule has 0 unspecified atom stereocenters. The average molecular weight is 269 g/mol. The molecule has 1 spiro atoms. The van der Waals surface area contributed by atoms with E-state index in [1.165, 1.54) is 0 Å². The van der Waals surface area contributed by atoms with Gasteiger partial charge in [0.2, 0.25) is 0 Å². The predicted octanol–water partition coefficient (Wildman–Crippen LogP) is 2.58. The van der Waals surface area contributed by atoms with Gasteiger partial charge in [0.15, 0.2) is 0 Å². The summed E-state index contributed by atoms with van der Waals surface area (Å²) in [7, 11) is 0. The molecule has 3 rings (SSSR count). The number of amides is 1.